The van der Waals surface area contributed by atoms with Crippen LogP contribution in [0.15, 0.2) is 23.7 Å². The van der Waals surface area contributed by atoms with Crippen LogP contribution in [0.2, 0.25) is 0 Å². The Balaban J connectivity index is 2.58. The lowest BCUT2D eigenvalue weighted by Gasteiger charge is -2.13. The number of ether oxygens (including phenoxy) is 2. The highest BCUT2D eigenvalue weighted by molar-refractivity contribution is 5.92. The van der Waals surface area contributed by atoms with E-state index in [0.29, 0.717) is 12.8 Å². The number of hydrogen-bond donors (Lipinski definition) is 3. The van der Waals surface area contributed by atoms with Gasteiger partial charge in [-0.1, -0.05) is 12.2 Å². The van der Waals surface area contributed by atoms with Crippen LogP contribution in [0.25, 0.3) is 0 Å². The molecular weight excluding hydrogens is 268 g/mol. The van der Waals surface area contributed by atoms with Crippen molar-refractivity contribution >= 4 is 11.9 Å². The standard InChI is InChI=1S/C13H18O7/c1-2-3-4-5-6-9(16)19-12-10(17)11(8(15)7-14)20-13(12)18/h2-3,8,11,14-15,17H,4-7H2,1H3/b3-2-/t8-,11+/m1/s1. The largest absolute Gasteiger partial charge is 0.505 e. The fourth-order valence-corrected chi connectivity index (χ4v) is 1.60. The summed E-state index contributed by atoms with van der Waals surface area (Å²) >= 11 is 0. The Hall–Kier alpha value is -1.86. The molecule has 1 heterocycles. The Bertz CT molecular complexity index is 424. The van der Waals surface area contributed by atoms with Gasteiger partial charge in [-0.25, -0.2) is 4.79 Å². The van der Waals surface area contributed by atoms with E-state index in [-0.39, 0.29) is 6.42 Å². The normalized spacial score (nSPS) is 20.4. The molecule has 0 spiro atoms. The minimum atomic E-state index is -1.47. The van der Waals surface area contributed by atoms with Crippen molar-refractivity contribution < 1.29 is 34.4 Å². The molecule has 112 valence electrons. The molecule has 0 amide bonds. The summed E-state index contributed by atoms with van der Waals surface area (Å²) in [4.78, 5) is 22.9. The van der Waals surface area contributed by atoms with Crippen molar-refractivity contribution in [2.24, 2.45) is 0 Å². The molecule has 0 aromatic carbocycles. The van der Waals surface area contributed by atoms with E-state index >= 15 is 0 Å². The number of rotatable bonds is 7. The Kier molecular flexibility index (Phi) is 6.20. The molecular formula is C13H18O7. The molecule has 7 nitrogen and oxygen atoms in total. The first-order valence-corrected chi connectivity index (χ1v) is 6.26. The van der Waals surface area contributed by atoms with Gasteiger partial charge in [-0.15, -0.1) is 0 Å². The van der Waals surface area contributed by atoms with Gasteiger partial charge in [0.25, 0.3) is 5.76 Å². The fraction of sp³-hybridized carbons (Fsp3) is 0.538. The van der Waals surface area contributed by atoms with Crippen LogP contribution in [0.1, 0.15) is 26.2 Å². The van der Waals surface area contributed by atoms with E-state index in [1.165, 1.54) is 0 Å². The zero-order valence-electron chi connectivity index (χ0n) is 11.1. The summed E-state index contributed by atoms with van der Waals surface area (Å²) in [6, 6.07) is 0. The number of carbonyl (C=O) groups excluding carboxylic acids is 2. The number of cyclic esters (lactones) is 1. The molecule has 7 heteroatoms. The molecule has 0 bridgehead atoms. The lowest BCUT2D eigenvalue weighted by molar-refractivity contribution is -0.153. The van der Waals surface area contributed by atoms with Crippen LogP contribution >= 0.6 is 0 Å². The number of unbranched alkanes of at least 4 members (excludes halogenated alkanes) is 1. The SMILES string of the molecule is C/C=C\CCCC(=O)OC1=C(O)[C@H]([C@H](O)CO)OC1=O. The van der Waals surface area contributed by atoms with E-state index in [2.05, 4.69) is 4.74 Å². The number of esters is 2. The van der Waals surface area contributed by atoms with Gasteiger partial charge in [0.1, 0.15) is 6.10 Å². The molecule has 0 radical (unpaired) electrons. The van der Waals surface area contributed by atoms with Gasteiger partial charge in [0.2, 0.25) is 0 Å². The Morgan fingerprint density at radius 2 is 2.25 bits per heavy atom. The molecule has 2 atom stereocenters. The van der Waals surface area contributed by atoms with Gasteiger partial charge in [-0.3, -0.25) is 4.79 Å². The molecule has 0 aromatic heterocycles. The molecule has 1 rings (SSSR count). The minimum Gasteiger partial charge on any atom is -0.505 e. The molecule has 1 aliphatic heterocycles. The zero-order valence-corrected chi connectivity index (χ0v) is 11.1. The molecule has 0 unspecified atom stereocenters. The van der Waals surface area contributed by atoms with Crippen LogP contribution in [-0.4, -0.2) is 46.1 Å². The Morgan fingerprint density at radius 3 is 2.85 bits per heavy atom. The lowest BCUT2D eigenvalue weighted by atomic mass is 10.2. The van der Waals surface area contributed by atoms with Gasteiger partial charge in [0, 0.05) is 6.42 Å². The third-order valence-corrected chi connectivity index (χ3v) is 2.66. The highest BCUT2D eigenvalue weighted by Crippen LogP contribution is 2.24. The number of allylic oxidation sites excluding steroid dienone is 2. The lowest BCUT2D eigenvalue weighted by Crippen LogP contribution is -2.31. The van der Waals surface area contributed by atoms with Crippen LogP contribution in [-0.2, 0) is 19.1 Å². The van der Waals surface area contributed by atoms with Crippen molar-refractivity contribution in [2.75, 3.05) is 6.61 Å². The fourth-order valence-electron chi connectivity index (χ4n) is 1.60. The second-order valence-corrected chi connectivity index (χ2v) is 4.23. The summed E-state index contributed by atoms with van der Waals surface area (Å²) in [5, 5.41) is 27.7. The summed E-state index contributed by atoms with van der Waals surface area (Å²) in [6.45, 7) is 1.16. The van der Waals surface area contributed by atoms with Crippen LogP contribution in [0.4, 0.5) is 0 Å². The second kappa shape index (κ2) is 7.66. The van der Waals surface area contributed by atoms with Crippen molar-refractivity contribution in [1.29, 1.82) is 0 Å². The molecule has 0 aliphatic carbocycles. The van der Waals surface area contributed by atoms with E-state index in [4.69, 9.17) is 9.84 Å². The van der Waals surface area contributed by atoms with E-state index < -0.39 is 42.3 Å². The number of aliphatic hydroxyl groups is 3. The van der Waals surface area contributed by atoms with Crippen molar-refractivity contribution in [2.45, 2.75) is 38.4 Å². The average Bonchev–Trinajstić information content (AvgIpc) is 2.71. The van der Waals surface area contributed by atoms with Gasteiger partial charge < -0.3 is 24.8 Å². The first-order chi connectivity index (χ1) is 9.51. The average molecular weight is 286 g/mol. The van der Waals surface area contributed by atoms with Crippen molar-refractivity contribution in [3.05, 3.63) is 23.7 Å². The number of aliphatic hydroxyl groups excluding tert-OH is 3. The van der Waals surface area contributed by atoms with Crippen LogP contribution in [0, 0.1) is 0 Å². The van der Waals surface area contributed by atoms with Crippen molar-refractivity contribution in [3.8, 4) is 0 Å². The molecule has 0 aromatic rings. The second-order valence-electron chi connectivity index (χ2n) is 4.23. The van der Waals surface area contributed by atoms with E-state index in [1.54, 1.807) is 0 Å². The molecule has 3 N–H and O–H groups in total. The molecule has 1 aliphatic rings. The predicted molar refractivity (Wildman–Crippen MR) is 67.4 cm³/mol. The van der Waals surface area contributed by atoms with Gasteiger partial charge in [-0.05, 0) is 19.8 Å². The third kappa shape index (κ3) is 4.07. The summed E-state index contributed by atoms with van der Waals surface area (Å²) in [7, 11) is 0. The summed E-state index contributed by atoms with van der Waals surface area (Å²) in [5.74, 6) is -3.02. The van der Waals surface area contributed by atoms with Gasteiger partial charge >= 0.3 is 11.9 Å². The summed E-state index contributed by atoms with van der Waals surface area (Å²) in [5.41, 5.74) is 0. The maximum atomic E-state index is 11.5. The van der Waals surface area contributed by atoms with E-state index in [9.17, 15) is 19.8 Å². The number of carbonyl (C=O) groups is 2. The Morgan fingerprint density at radius 1 is 1.55 bits per heavy atom. The molecule has 0 saturated heterocycles. The summed E-state index contributed by atoms with van der Waals surface area (Å²) < 4.78 is 9.36. The molecule has 0 saturated carbocycles. The maximum Gasteiger partial charge on any atom is 0.378 e. The highest BCUT2D eigenvalue weighted by atomic mass is 16.6. The Labute approximate surface area is 116 Å². The van der Waals surface area contributed by atoms with E-state index in [0.717, 1.165) is 0 Å². The topological polar surface area (TPSA) is 113 Å². The zero-order chi connectivity index (χ0) is 15.1. The smallest absolute Gasteiger partial charge is 0.378 e. The molecule has 0 fully saturated rings. The van der Waals surface area contributed by atoms with E-state index in [1.807, 2.05) is 19.1 Å². The van der Waals surface area contributed by atoms with Crippen LogP contribution < -0.4 is 0 Å². The highest BCUT2D eigenvalue weighted by Gasteiger charge is 2.41. The first-order valence-electron chi connectivity index (χ1n) is 6.26. The van der Waals surface area contributed by atoms with Crippen LogP contribution in [0.5, 0.6) is 0 Å². The van der Waals surface area contributed by atoms with Crippen molar-refractivity contribution in [1.82, 2.24) is 0 Å². The van der Waals surface area contributed by atoms with Crippen molar-refractivity contribution in [3.63, 3.8) is 0 Å². The molecule has 20 heavy (non-hydrogen) atoms. The monoisotopic (exact) mass is 286 g/mol. The van der Waals surface area contributed by atoms with Gasteiger partial charge in [-0.2, -0.15) is 0 Å². The van der Waals surface area contributed by atoms with Gasteiger partial charge in [0.05, 0.1) is 6.61 Å². The van der Waals surface area contributed by atoms with Gasteiger partial charge in [0.15, 0.2) is 11.9 Å². The first kappa shape index (κ1) is 16.2. The maximum absolute atomic E-state index is 11.5. The number of hydrogen-bond acceptors (Lipinski definition) is 7. The van der Waals surface area contributed by atoms with Crippen LogP contribution in [0.3, 0.4) is 0 Å². The summed E-state index contributed by atoms with van der Waals surface area (Å²) in [6.07, 6.45) is 2.21. The minimum absolute atomic E-state index is 0.0849. The quantitative estimate of drug-likeness (QED) is 0.351. The predicted octanol–water partition coefficient (Wildman–Crippen LogP) is 0.324. The third-order valence-electron chi connectivity index (χ3n) is 2.66.